The van der Waals surface area contributed by atoms with Crippen molar-refractivity contribution in [3.8, 4) is 6.07 Å². The molecule has 204 valence electrons. The number of amides is 3. The highest BCUT2D eigenvalue weighted by Crippen LogP contribution is 2.20. The largest absolute Gasteiger partial charge is 0.458 e. The molecule has 1 aliphatic heterocycles. The van der Waals surface area contributed by atoms with Gasteiger partial charge in [-0.25, -0.2) is 9.78 Å². The van der Waals surface area contributed by atoms with Crippen molar-refractivity contribution in [2.75, 3.05) is 11.2 Å². The average Bonchev–Trinajstić information content (AvgIpc) is 3.36. The Kier molecular flexibility index (Phi) is 9.12. The Hall–Kier alpha value is -4.62. The molecule has 2 atom stereocenters. The number of alkyl halides is 1. The Balaban J connectivity index is 1.76. The predicted molar refractivity (Wildman–Crippen MR) is 136 cm³/mol. The van der Waals surface area contributed by atoms with Gasteiger partial charge in [0.15, 0.2) is 10.8 Å². The number of nitro benzene ring substituents is 1. The molecular weight excluding hydrogens is 558 g/mol. The van der Waals surface area contributed by atoms with Crippen LogP contribution >= 0.6 is 22.9 Å². The third kappa shape index (κ3) is 7.24. The normalized spacial score (nSPS) is 16.7. The van der Waals surface area contributed by atoms with Crippen LogP contribution in [-0.2, 0) is 35.4 Å². The van der Waals surface area contributed by atoms with Gasteiger partial charge < -0.3 is 25.5 Å². The number of nitriles is 1. The van der Waals surface area contributed by atoms with Gasteiger partial charge >= 0.3 is 5.97 Å². The Morgan fingerprint density at radius 1 is 1.33 bits per heavy atom. The van der Waals surface area contributed by atoms with Crippen LogP contribution in [0.3, 0.4) is 0 Å². The number of ether oxygens (including phenoxy) is 1. The first kappa shape index (κ1) is 28.9. The number of nitro groups is 1. The second-order valence-corrected chi connectivity index (χ2v) is 9.45. The van der Waals surface area contributed by atoms with Gasteiger partial charge in [-0.05, 0) is 31.5 Å². The van der Waals surface area contributed by atoms with Crippen LogP contribution in [0.1, 0.15) is 25.1 Å². The number of β-lactam (4-membered cyclic amide) rings is 1. The summed E-state index contributed by atoms with van der Waals surface area (Å²) < 4.78 is 5.22. The number of oxime groups is 1. The Bertz CT molecular complexity index is 1370. The SMILES string of the molecule is CC(C)(ON=C(C(=O)NC1C(=O)NC1C#N)c1csc(NC(=O)CCl)n1)C(=O)OCc1ccc([N+](=O)[O-])cc1. The molecule has 15 nitrogen and oxygen atoms in total. The number of halogens is 1. The molecule has 0 saturated carbocycles. The number of aromatic nitrogens is 1. The number of carbonyl (C=O) groups excluding carboxylic acids is 4. The fourth-order valence-corrected chi connectivity index (χ4v) is 3.66. The van der Waals surface area contributed by atoms with Crippen molar-refractivity contribution in [2.45, 2.75) is 38.1 Å². The van der Waals surface area contributed by atoms with E-state index in [4.69, 9.17) is 26.4 Å². The summed E-state index contributed by atoms with van der Waals surface area (Å²) in [5, 5.41) is 32.2. The number of benzene rings is 1. The summed E-state index contributed by atoms with van der Waals surface area (Å²) in [6, 6.07) is 5.08. The number of non-ortho nitro benzene ring substituents is 1. The average molecular weight is 578 g/mol. The number of nitrogens with zero attached hydrogens (tertiary/aromatic N) is 4. The number of carbonyl (C=O) groups is 4. The van der Waals surface area contributed by atoms with Gasteiger partial charge in [-0.15, -0.1) is 22.9 Å². The van der Waals surface area contributed by atoms with Crippen LogP contribution in [0.5, 0.6) is 0 Å². The van der Waals surface area contributed by atoms with Gasteiger partial charge in [0.1, 0.15) is 30.3 Å². The summed E-state index contributed by atoms with van der Waals surface area (Å²) in [4.78, 5) is 68.7. The van der Waals surface area contributed by atoms with Crippen LogP contribution < -0.4 is 16.0 Å². The van der Waals surface area contributed by atoms with Gasteiger partial charge in [-0.2, -0.15) is 5.26 Å². The van der Waals surface area contributed by atoms with E-state index in [1.807, 2.05) is 6.07 Å². The van der Waals surface area contributed by atoms with E-state index in [9.17, 15) is 29.3 Å². The van der Waals surface area contributed by atoms with Gasteiger partial charge in [-0.1, -0.05) is 5.16 Å². The van der Waals surface area contributed by atoms with Crippen LogP contribution in [0.15, 0.2) is 34.8 Å². The maximum atomic E-state index is 13.0. The second-order valence-electron chi connectivity index (χ2n) is 8.33. The third-order valence-corrected chi connectivity index (χ3v) is 6.04. The molecule has 17 heteroatoms. The first-order valence-electron chi connectivity index (χ1n) is 10.9. The molecular formula is C22H20ClN7O8S. The monoisotopic (exact) mass is 577 g/mol. The van der Waals surface area contributed by atoms with Gasteiger partial charge in [0.25, 0.3) is 11.6 Å². The van der Waals surface area contributed by atoms with E-state index < -0.39 is 52.0 Å². The number of hydrogen-bond donors (Lipinski definition) is 3. The summed E-state index contributed by atoms with van der Waals surface area (Å²) in [6.07, 6.45) is 0. The van der Waals surface area contributed by atoms with Crippen molar-refractivity contribution < 1.29 is 33.7 Å². The molecule has 1 aromatic heterocycles. The Labute approximate surface area is 229 Å². The molecule has 0 bridgehead atoms. The lowest BCUT2D eigenvalue weighted by Gasteiger charge is -2.32. The smallest absolute Gasteiger partial charge is 0.353 e. The number of thiazole rings is 1. The van der Waals surface area contributed by atoms with Crippen molar-refractivity contribution in [3.63, 3.8) is 0 Å². The maximum absolute atomic E-state index is 13.0. The van der Waals surface area contributed by atoms with Crippen LogP contribution in [0.2, 0.25) is 0 Å². The number of rotatable bonds is 11. The molecule has 2 heterocycles. The van der Waals surface area contributed by atoms with Crippen LogP contribution in [-0.4, -0.2) is 62.9 Å². The van der Waals surface area contributed by atoms with Crippen molar-refractivity contribution in [1.29, 1.82) is 5.26 Å². The zero-order valence-corrected chi connectivity index (χ0v) is 21.9. The summed E-state index contributed by atoms with van der Waals surface area (Å²) in [5.74, 6) is -3.27. The zero-order chi connectivity index (χ0) is 28.7. The topological polar surface area (TPSA) is 215 Å². The minimum Gasteiger partial charge on any atom is -0.458 e. The molecule has 2 aromatic rings. The predicted octanol–water partition coefficient (Wildman–Crippen LogP) is 0.978. The first-order valence-corrected chi connectivity index (χ1v) is 12.4. The maximum Gasteiger partial charge on any atom is 0.353 e. The van der Waals surface area contributed by atoms with Gasteiger partial charge in [0, 0.05) is 17.5 Å². The van der Waals surface area contributed by atoms with Crippen molar-refractivity contribution in [2.24, 2.45) is 5.16 Å². The number of anilines is 1. The summed E-state index contributed by atoms with van der Waals surface area (Å²) in [6.45, 7) is 2.42. The van der Waals surface area contributed by atoms with E-state index in [0.29, 0.717) is 5.56 Å². The van der Waals surface area contributed by atoms with Crippen molar-refractivity contribution in [1.82, 2.24) is 15.6 Å². The fraction of sp³-hybridized carbons (Fsp3) is 0.318. The van der Waals surface area contributed by atoms with Gasteiger partial charge in [0.05, 0.1) is 11.0 Å². The first-order chi connectivity index (χ1) is 18.4. The van der Waals surface area contributed by atoms with E-state index in [2.05, 4.69) is 26.1 Å². The molecule has 3 N–H and O–H groups in total. The molecule has 1 aromatic carbocycles. The molecule has 0 spiro atoms. The standard InChI is InChI=1S/C22H20ClN7O8S/c1-22(2,20(34)37-9-11-3-5-12(6-4-11)30(35)36)38-29-17(14-10-39-21(26-14)27-15(31)7-23)19(33)28-16-13(8-24)25-18(16)32/h3-6,10,13,16H,7,9H2,1-2H3,(H,25,32)(H,28,33)(H,26,27,31). The Morgan fingerprint density at radius 2 is 2.03 bits per heavy atom. The molecule has 39 heavy (non-hydrogen) atoms. The molecule has 0 aliphatic carbocycles. The minimum atomic E-state index is -1.72. The quantitative estimate of drug-likeness (QED) is 0.0858. The lowest BCUT2D eigenvalue weighted by Crippen LogP contribution is -2.69. The highest BCUT2D eigenvalue weighted by atomic mass is 35.5. The van der Waals surface area contributed by atoms with E-state index in [-0.39, 0.29) is 29.0 Å². The minimum absolute atomic E-state index is 0.0642. The number of nitrogens with one attached hydrogen (secondary N) is 3. The third-order valence-electron chi connectivity index (χ3n) is 5.04. The molecule has 1 saturated heterocycles. The van der Waals surface area contributed by atoms with E-state index in [0.717, 1.165) is 11.3 Å². The van der Waals surface area contributed by atoms with E-state index >= 15 is 0 Å². The fourth-order valence-electron chi connectivity index (χ4n) is 2.88. The summed E-state index contributed by atoms with van der Waals surface area (Å²) in [5.41, 5.74) is -1.88. The van der Waals surface area contributed by atoms with Crippen molar-refractivity contribution in [3.05, 3.63) is 51.0 Å². The van der Waals surface area contributed by atoms with E-state index in [1.54, 1.807) is 0 Å². The highest BCUT2D eigenvalue weighted by molar-refractivity contribution is 7.14. The lowest BCUT2D eigenvalue weighted by atomic mass is 10.0. The van der Waals surface area contributed by atoms with Gasteiger partial charge in [-0.3, -0.25) is 24.5 Å². The van der Waals surface area contributed by atoms with Crippen LogP contribution in [0, 0.1) is 21.4 Å². The molecule has 1 fully saturated rings. The van der Waals surface area contributed by atoms with Crippen molar-refractivity contribution >= 4 is 63.2 Å². The molecule has 3 rings (SSSR count). The molecule has 3 amide bonds. The zero-order valence-electron chi connectivity index (χ0n) is 20.3. The van der Waals surface area contributed by atoms with Gasteiger partial charge in [0.2, 0.25) is 17.4 Å². The summed E-state index contributed by atoms with van der Waals surface area (Å²) in [7, 11) is 0. The molecule has 1 aliphatic rings. The Morgan fingerprint density at radius 3 is 2.62 bits per heavy atom. The summed E-state index contributed by atoms with van der Waals surface area (Å²) >= 11 is 6.43. The number of esters is 1. The molecule has 2 unspecified atom stereocenters. The number of hydrogen-bond acceptors (Lipinski definition) is 12. The van der Waals surface area contributed by atoms with Crippen LogP contribution in [0.4, 0.5) is 10.8 Å². The van der Waals surface area contributed by atoms with Crippen LogP contribution in [0.25, 0.3) is 0 Å². The molecule has 0 radical (unpaired) electrons. The highest BCUT2D eigenvalue weighted by Gasteiger charge is 2.42. The van der Waals surface area contributed by atoms with E-state index in [1.165, 1.54) is 43.5 Å². The lowest BCUT2D eigenvalue weighted by molar-refractivity contribution is -0.384. The second kappa shape index (κ2) is 12.3.